The van der Waals surface area contributed by atoms with E-state index in [2.05, 4.69) is 81.5 Å². The molecule has 0 aromatic rings. The summed E-state index contributed by atoms with van der Waals surface area (Å²) >= 11 is 0. The lowest BCUT2D eigenvalue weighted by molar-refractivity contribution is -0.167. The molecule has 0 rings (SSSR count). The van der Waals surface area contributed by atoms with E-state index in [9.17, 15) is 14.4 Å². The van der Waals surface area contributed by atoms with Gasteiger partial charge in [-0.05, 0) is 89.9 Å². The van der Waals surface area contributed by atoms with E-state index in [0.717, 1.165) is 103 Å². The average molecular weight is 867 g/mol. The van der Waals surface area contributed by atoms with E-state index in [1.165, 1.54) is 116 Å². The van der Waals surface area contributed by atoms with Crippen molar-refractivity contribution in [2.24, 2.45) is 0 Å². The van der Waals surface area contributed by atoms with Gasteiger partial charge in [-0.2, -0.15) is 0 Å². The first-order valence-corrected chi connectivity index (χ1v) is 26.3. The number of esters is 3. The van der Waals surface area contributed by atoms with Gasteiger partial charge in [0.25, 0.3) is 0 Å². The van der Waals surface area contributed by atoms with Crippen LogP contribution in [0.1, 0.15) is 258 Å². The van der Waals surface area contributed by atoms with Crippen LogP contribution in [-0.4, -0.2) is 37.2 Å². The van der Waals surface area contributed by atoms with Crippen LogP contribution in [0.5, 0.6) is 0 Å². The number of hydrogen-bond donors (Lipinski definition) is 0. The summed E-state index contributed by atoms with van der Waals surface area (Å²) in [6.45, 7) is 6.47. The summed E-state index contributed by atoms with van der Waals surface area (Å²) in [5, 5.41) is 0. The third kappa shape index (κ3) is 48.1. The van der Waals surface area contributed by atoms with Crippen molar-refractivity contribution in [1.82, 2.24) is 0 Å². The molecule has 0 radical (unpaired) electrons. The predicted molar refractivity (Wildman–Crippen MR) is 265 cm³/mol. The molecule has 0 aromatic heterocycles. The van der Waals surface area contributed by atoms with Crippen molar-refractivity contribution in [3.05, 3.63) is 60.8 Å². The van der Waals surface area contributed by atoms with Crippen LogP contribution in [0.4, 0.5) is 0 Å². The highest BCUT2D eigenvalue weighted by molar-refractivity contribution is 5.71. The highest BCUT2D eigenvalue weighted by atomic mass is 16.6. The van der Waals surface area contributed by atoms with Crippen molar-refractivity contribution in [3.8, 4) is 0 Å². The lowest BCUT2D eigenvalue weighted by atomic mass is 10.1. The maximum absolute atomic E-state index is 12.8. The second-order valence-electron chi connectivity index (χ2n) is 17.5. The van der Waals surface area contributed by atoms with Gasteiger partial charge >= 0.3 is 17.9 Å². The first-order valence-electron chi connectivity index (χ1n) is 26.3. The zero-order valence-electron chi connectivity index (χ0n) is 40.9. The van der Waals surface area contributed by atoms with Gasteiger partial charge < -0.3 is 14.2 Å². The van der Waals surface area contributed by atoms with E-state index < -0.39 is 6.10 Å². The van der Waals surface area contributed by atoms with Crippen LogP contribution in [0.25, 0.3) is 0 Å². The normalized spacial score (nSPS) is 12.5. The third-order valence-electron chi connectivity index (χ3n) is 11.3. The maximum Gasteiger partial charge on any atom is 0.306 e. The Labute approximate surface area is 383 Å². The van der Waals surface area contributed by atoms with Crippen molar-refractivity contribution < 1.29 is 28.6 Å². The summed E-state index contributed by atoms with van der Waals surface area (Å²) in [7, 11) is 0. The molecule has 0 aliphatic heterocycles. The fourth-order valence-electron chi connectivity index (χ4n) is 7.31. The first-order chi connectivity index (χ1) is 30.5. The zero-order valence-corrected chi connectivity index (χ0v) is 40.9. The lowest BCUT2D eigenvalue weighted by Gasteiger charge is -2.18. The Morgan fingerprint density at radius 1 is 0.339 bits per heavy atom. The zero-order chi connectivity index (χ0) is 45.1. The summed E-state index contributed by atoms with van der Waals surface area (Å²) in [4.78, 5) is 38.0. The van der Waals surface area contributed by atoms with Crippen LogP contribution in [-0.2, 0) is 28.6 Å². The van der Waals surface area contributed by atoms with E-state index in [4.69, 9.17) is 14.2 Å². The summed E-state index contributed by atoms with van der Waals surface area (Å²) < 4.78 is 16.8. The van der Waals surface area contributed by atoms with Gasteiger partial charge in [0.05, 0.1) is 0 Å². The van der Waals surface area contributed by atoms with E-state index in [1.807, 2.05) is 0 Å². The molecule has 0 saturated carbocycles. The molecule has 0 heterocycles. The summed E-state index contributed by atoms with van der Waals surface area (Å²) in [5.74, 6) is -0.932. The van der Waals surface area contributed by atoms with Gasteiger partial charge in [0.15, 0.2) is 6.10 Å². The number of hydrogen-bond acceptors (Lipinski definition) is 6. The van der Waals surface area contributed by atoms with Crippen LogP contribution in [0.3, 0.4) is 0 Å². The van der Waals surface area contributed by atoms with Gasteiger partial charge in [-0.15, -0.1) is 0 Å². The molecular weight excluding hydrogens is 769 g/mol. The molecule has 0 aliphatic carbocycles. The molecule has 0 spiro atoms. The number of ether oxygens (including phenoxy) is 3. The average Bonchev–Trinajstić information content (AvgIpc) is 3.27. The molecule has 0 aromatic carbocycles. The second kappa shape index (κ2) is 50.8. The van der Waals surface area contributed by atoms with E-state index >= 15 is 0 Å². The maximum atomic E-state index is 12.8. The molecule has 6 nitrogen and oxygen atoms in total. The van der Waals surface area contributed by atoms with Crippen molar-refractivity contribution in [1.29, 1.82) is 0 Å². The molecule has 0 amide bonds. The molecular formula is C56H98O6. The molecule has 62 heavy (non-hydrogen) atoms. The molecule has 6 heteroatoms. The summed E-state index contributed by atoms with van der Waals surface area (Å²) in [6.07, 6.45) is 62.1. The van der Waals surface area contributed by atoms with Crippen LogP contribution in [0, 0.1) is 0 Å². The first kappa shape index (κ1) is 59.1. The Bertz CT molecular complexity index is 1130. The number of carbonyl (C=O) groups excluding carboxylic acids is 3. The number of unbranched alkanes of at least 4 members (excludes halogenated alkanes) is 28. The minimum atomic E-state index is -0.793. The Balaban J connectivity index is 4.39. The number of carbonyl (C=O) groups is 3. The fourth-order valence-corrected chi connectivity index (χ4v) is 7.31. The smallest absolute Gasteiger partial charge is 0.306 e. The Morgan fingerprint density at radius 3 is 1.03 bits per heavy atom. The van der Waals surface area contributed by atoms with Crippen LogP contribution < -0.4 is 0 Å². The Hall–Kier alpha value is -2.89. The topological polar surface area (TPSA) is 78.9 Å². The van der Waals surface area contributed by atoms with E-state index in [0.29, 0.717) is 19.3 Å². The molecule has 0 fully saturated rings. The van der Waals surface area contributed by atoms with Gasteiger partial charge in [0.1, 0.15) is 13.2 Å². The Morgan fingerprint density at radius 2 is 0.645 bits per heavy atom. The fraction of sp³-hybridized carbons (Fsp3) is 0.768. The highest BCUT2D eigenvalue weighted by Gasteiger charge is 2.19. The molecule has 0 bridgehead atoms. The van der Waals surface area contributed by atoms with Crippen LogP contribution in [0.2, 0.25) is 0 Å². The quantitative estimate of drug-likeness (QED) is 0.0199. The van der Waals surface area contributed by atoms with Crippen molar-refractivity contribution in [2.75, 3.05) is 13.2 Å². The minimum Gasteiger partial charge on any atom is -0.462 e. The minimum absolute atomic E-state index is 0.0914. The van der Waals surface area contributed by atoms with Crippen molar-refractivity contribution in [2.45, 2.75) is 264 Å². The van der Waals surface area contributed by atoms with Gasteiger partial charge in [0.2, 0.25) is 0 Å². The molecule has 0 aliphatic rings. The summed E-state index contributed by atoms with van der Waals surface area (Å²) in [5.41, 5.74) is 0. The summed E-state index contributed by atoms with van der Waals surface area (Å²) in [6, 6.07) is 0. The molecule has 1 unspecified atom stereocenters. The predicted octanol–water partition coefficient (Wildman–Crippen LogP) is 17.3. The van der Waals surface area contributed by atoms with Crippen LogP contribution >= 0.6 is 0 Å². The van der Waals surface area contributed by atoms with Crippen molar-refractivity contribution in [3.63, 3.8) is 0 Å². The van der Waals surface area contributed by atoms with Gasteiger partial charge in [0, 0.05) is 19.3 Å². The van der Waals surface area contributed by atoms with Gasteiger partial charge in [-0.1, -0.05) is 210 Å². The molecule has 0 saturated heterocycles. The standard InChI is InChI=1S/C56H98O6/c1-4-7-10-13-16-19-22-25-26-27-28-29-32-34-37-40-43-46-49-55(58)61-52-53(62-56(59)50-47-44-41-38-35-31-24-21-18-15-12-9-6-3)51-60-54(57)48-45-42-39-36-33-30-23-20-17-14-11-8-5-2/h9,12,15,18,21,24,28-30,33,53H,4-8,10-11,13-14,16-17,19-20,22-23,25-27,31-32,34-52H2,1-3H3/b12-9+,18-15+,24-21+,29-28+,33-30+. The monoisotopic (exact) mass is 867 g/mol. The third-order valence-corrected chi connectivity index (χ3v) is 11.3. The van der Waals surface area contributed by atoms with E-state index in [1.54, 1.807) is 0 Å². The van der Waals surface area contributed by atoms with Crippen molar-refractivity contribution >= 4 is 17.9 Å². The van der Waals surface area contributed by atoms with Gasteiger partial charge in [-0.3, -0.25) is 14.4 Å². The molecule has 358 valence electrons. The Kier molecular flexibility index (Phi) is 48.4. The number of allylic oxidation sites excluding steroid dienone is 10. The second-order valence-corrected chi connectivity index (χ2v) is 17.5. The largest absolute Gasteiger partial charge is 0.462 e. The molecule has 1 atom stereocenters. The van der Waals surface area contributed by atoms with Gasteiger partial charge in [-0.25, -0.2) is 0 Å². The lowest BCUT2D eigenvalue weighted by Crippen LogP contribution is -2.30. The number of rotatable bonds is 47. The SMILES string of the molecule is CC/C=C/C=C/C=C/CCCCCCCC(=O)OC(COC(=O)CCCCC/C=C/CCCCCCCC)COC(=O)CCCCCCC/C=C/CCCCCCCCCCC. The molecule has 0 N–H and O–H groups in total. The highest BCUT2D eigenvalue weighted by Crippen LogP contribution is 2.14. The van der Waals surface area contributed by atoms with Crippen LogP contribution in [0.15, 0.2) is 60.8 Å². The van der Waals surface area contributed by atoms with E-state index in [-0.39, 0.29) is 31.1 Å².